The van der Waals surface area contributed by atoms with Gasteiger partial charge in [-0.2, -0.15) is 0 Å². The zero-order valence-electron chi connectivity index (χ0n) is 10.4. The molecular formula is C12H16ClN3OS. The Bertz CT molecular complexity index is 479. The van der Waals surface area contributed by atoms with Crippen LogP contribution in [0.1, 0.15) is 11.6 Å². The van der Waals surface area contributed by atoms with Crippen molar-refractivity contribution in [3.63, 3.8) is 0 Å². The molecule has 2 rings (SSSR count). The van der Waals surface area contributed by atoms with Crippen LogP contribution < -0.4 is 11.1 Å². The molecule has 3 N–H and O–H groups in total. The second-order valence-electron chi connectivity index (χ2n) is 4.49. The van der Waals surface area contributed by atoms with Gasteiger partial charge in [0.05, 0.1) is 5.02 Å². The molecule has 1 aromatic carbocycles. The number of carbonyl (C=O) groups is 1. The number of fused-ring (bicyclic) bond motifs is 1. The quantitative estimate of drug-likeness (QED) is 0.830. The lowest BCUT2D eigenvalue weighted by molar-refractivity contribution is -0.116. The number of nitrogens with one attached hydrogen (secondary N) is 1. The minimum Gasteiger partial charge on any atom is -0.324 e. The van der Waals surface area contributed by atoms with Crippen LogP contribution >= 0.6 is 23.4 Å². The van der Waals surface area contributed by atoms with Gasteiger partial charge in [0.2, 0.25) is 5.91 Å². The van der Waals surface area contributed by atoms with Crippen LogP contribution in [0.3, 0.4) is 0 Å². The number of nitrogens with two attached hydrogens (primary N) is 1. The van der Waals surface area contributed by atoms with E-state index in [9.17, 15) is 4.79 Å². The number of anilines is 1. The predicted octanol–water partition coefficient (Wildman–Crippen LogP) is 1.95. The summed E-state index contributed by atoms with van der Waals surface area (Å²) in [6, 6.07) is 3.10. The van der Waals surface area contributed by atoms with Crippen LogP contribution in [0.2, 0.25) is 5.02 Å². The average Bonchev–Trinajstić information content (AvgIpc) is 2.55. The van der Waals surface area contributed by atoms with Crippen LogP contribution in [0.5, 0.6) is 0 Å². The molecule has 1 heterocycles. The monoisotopic (exact) mass is 285 g/mol. The first-order valence-corrected chi connectivity index (χ1v) is 7.03. The third-order valence-electron chi connectivity index (χ3n) is 2.78. The largest absolute Gasteiger partial charge is 0.324 e. The van der Waals surface area contributed by atoms with Crippen molar-refractivity contribution in [2.75, 3.05) is 31.7 Å². The number of rotatable bonds is 4. The van der Waals surface area contributed by atoms with Gasteiger partial charge in [-0.25, -0.2) is 0 Å². The van der Waals surface area contributed by atoms with Gasteiger partial charge in [0.1, 0.15) is 6.04 Å². The normalized spacial score (nSPS) is 18.1. The van der Waals surface area contributed by atoms with Crippen molar-refractivity contribution < 1.29 is 4.79 Å². The van der Waals surface area contributed by atoms with Crippen molar-refractivity contribution in [3.05, 3.63) is 22.7 Å². The molecule has 0 aliphatic carbocycles. The number of carbonyl (C=O) groups excluding carboxylic acids is 1. The summed E-state index contributed by atoms with van der Waals surface area (Å²) < 4.78 is 0. The molecule has 1 amide bonds. The highest BCUT2D eigenvalue weighted by Crippen LogP contribution is 2.37. The molecule has 1 aliphatic rings. The summed E-state index contributed by atoms with van der Waals surface area (Å²) in [4.78, 5) is 14.6. The Labute approximate surface area is 116 Å². The summed E-state index contributed by atoms with van der Waals surface area (Å²) in [5.74, 6) is 0.780. The number of benzene rings is 1. The third kappa shape index (κ3) is 2.80. The average molecular weight is 286 g/mol. The zero-order chi connectivity index (χ0) is 13.3. The van der Waals surface area contributed by atoms with Crippen molar-refractivity contribution in [3.8, 4) is 0 Å². The van der Waals surface area contributed by atoms with E-state index in [4.69, 9.17) is 17.3 Å². The third-order valence-corrected chi connectivity index (χ3v) is 4.24. The van der Waals surface area contributed by atoms with Gasteiger partial charge < -0.3 is 16.0 Å². The topological polar surface area (TPSA) is 58.4 Å². The molecule has 1 aliphatic heterocycles. The van der Waals surface area contributed by atoms with Crippen molar-refractivity contribution in [2.24, 2.45) is 5.73 Å². The highest BCUT2D eigenvalue weighted by Gasteiger charge is 2.28. The Kier molecular flexibility index (Phi) is 4.17. The molecule has 4 nitrogen and oxygen atoms in total. The fourth-order valence-electron chi connectivity index (χ4n) is 1.73. The fourth-order valence-corrected chi connectivity index (χ4v) is 3.14. The van der Waals surface area contributed by atoms with Crippen molar-refractivity contribution in [1.82, 2.24) is 4.90 Å². The van der Waals surface area contributed by atoms with Gasteiger partial charge >= 0.3 is 0 Å². The molecule has 0 fully saturated rings. The maximum atomic E-state index is 11.5. The number of thioether (sulfide) groups is 1. The SMILES string of the molecule is CN(C)CCSc1cc2c(cc1Cl)C(N)C(=O)N2. The van der Waals surface area contributed by atoms with Gasteiger partial charge in [0, 0.05) is 28.4 Å². The molecule has 0 radical (unpaired) electrons. The zero-order valence-corrected chi connectivity index (χ0v) is 11.9. The van der Waals surface area contributed by atoms with Crippen LogP contribution in [0, 0.1) is 0 Å². The first kappa shape index (κ1) is 13.7. The van der Waals surface area contributed by atoms with E-state index >= 15 is 0 Å². The lowest BCUT2D eigenvalue weighted by atomic mass is 10.1. The maximum Gasteiger partial charge on any atom is 0.245 e. The lowest BCUT2D eigenvalue weighted by Gasteiger charge is -2.11. The number of halogens is 1. The molecular weight excluding hydrogens is 270 g/mol. The highest BCUT2D eigenvalue weighted by atomic mass is 35.5. The van der Waals surface area contributed by atoms with Crippen molar-refractivity contribution in [1.29, 1.82) is 0 Å². The predicted molar refractivity (Wildman–Crippen MR) is 76.3 cm³/mol. The molecule has 0 spiro atoms. The molecule has 0 saturated heterocycles. The molecule has 1 unspecified atom stereocenters. The Morgan fingerprint density at radius 1 is 1.50 bits per heavy atom. The lowest BCUT2D eigenvalue weighted by Crippen LogP contribution is -2.19. The van der Waals surface area contributed by atoms with E-state index in [0.29, 0.717) is 5.02 Å². The van der Waals surface area contributed by atoms with E-state index in [1.54, 1.807) is 17.8 Å². The first-order valence-electron chi connectivity index (χ1n) is 5.66. The highest BCUT2D eigenvalue weighted by molar-refractivity contribution is 7.99. The minimum atomic E-state index is -0.599. The van der Waals surface area contributed by atoms with E-state index < -0.39 is 6.04 Å². The summed E-state index contributed by atoms with van der Waals surface area (Å²) in [7, 11) is 4.06. The van der Waals surface area contributed by atoms with Crippen molar-refractivity contribution in [2.45, 2.75) is 10.9 Å². The fraction of sp³-hybridized carbons (Fsp3) is 0.417. The smallest absolute Gasteiger partial charge is 0.245 e. The summed E-state index contributed by atoms with van der Waals surface area (Å²) in [5.41, 5.74) is 7.33. The van der Waals surface area contributed by atoms with E-state index in [1.165, 1.54) is 0 Å². The van der Waals surface area contributed by atoms with Gasteiger partial charge in [0.25, 0.3) is 0 Å². The van der Waals surface area contributed by atoms with Crippen LogP contribution in [-0.4, -0.2) is 37.2 Å². The standard InChI is InChI=1S/C12H16ClN3OS/c1-16(2)3-4-18-10-6-9-7(5-8(10)13)11(14)12(17)15-9/h5-6,11H,3-4,14H2,1-2H3,(H,15,17). The first-order chi connectivity index (χ1) is 8.49. The number of hydrogen-bond donors (Lipinski definition) is 2. The molecule has 18 heavy (non-hydrogen) atoms. The molecule has 1 aromatic rings. The molecule has 6 heteroatoms. The summed E-state index contributed by atoms with van der Waals surface area (Å²) in [5, 5.41) is 3.42. The molecule has 0 bridgehead atoms. The number of amides is 1. The van der Waals surface area contributed by atoms with E-state index in [-0.39, 0.29) is 5.91 Å². The molecule has 1 atom stereocenters. The Hall–Kier alpha value is -0.750. The van der Waals surface area contributed by atoms with Crippen LogP contribution in [-0.2, 0) is 4.79 Å². The van der Waals surface area contributed by atoms with Gasteiger partial charge in [-0.05, 0) is 26.2 Å². The van der Waals surface area contributed by atoms with Gasteiger partial charge in [-0.1, -0.05) is 11.6 Å². The second-order valence-corrected chi connectivity index (χ2v) is 6.03. The van der Waals surface area contributed by atoms with Crippen LogP contribution in [0.15, 0.2) is 17.0 Å². The summed E-state index contributed by atoms with van der Waals surface area (Å²) >= 11 is 7.89. The summed E-state index contributed by atoms with van der Waals surface area (Å²) in [6.07, 6.45) is 0. The van der Waals surface area contributed by atoms with Gasteiger partial charge in [0.15, 0.2) is 0 Å². The molecule has 0 saturated carbocycles. The number of nitrogens with zero attached hydrogens (tertiary/aromatic N) is 1. The number of hydrogen-bond acceptors (Lipinski definition) is 4. The van der Waals surface area contributed by atoms with Crippen molar-refractivity contribution >= 4 is 35.0 Å². The van der Waals surface area contributed by atoms with E-state index in [1.807, 2.05) is 20.2 Å². The Balaban J connectivity index is 2.14. The second kappa shape index (κ2) is 5.48. The summed E-state index contributed by atoms with van der Waals surface area (Å²) in [6.45, 7) is 0.976. The molecule has 98 valence electrons. The minimum absolute atomic E-state index is 0.170. The van der Waals surface area contributed by atoms with Gasteiger partial charge in [-0.3, -0.25) is 4.79 Å². The van der Waals surface area contributed by atoms with E-state index in [0.717, 1.165) is 28.4 Å². The molecule has 0 aromatic heterocycles. The van der Waals surface area contributed by atoms with Crippen LogP contribution in [0.4, 0.5) is 5.69 Å². The van der Waals surface area contributed by atoms with E-state index in [2.05, 4.69) is 10.2 Å². The maximum absolute atomic E-state index is 11.5. The Morgan fingerprint density at radius 3 is 2.89 bits per heavy atom. The van der Waals surface area contributed by atoms with Gasteiger partial charge in [-0.15, -0.1) is 11.8 Å². The Morgan fingerprint density at radius 2 is 2.22 bits per heavy atom. The van der Waals surface area contributed by atoms with Crippen LogP contribution in [0.25, 0.3) is 0 Å².